The van der Waals surface area contributed by atoms with Gasteiger partial charge >= 0.3 is 0 Å². The third-order valence-electron chi connectivity index (χ3n) is 4.89. The molecule has 0 radical (unpaired) electrons. The van der Waals surface area contributed by atoms with Crippen molar-refractivity contribution in [1.29, 1.82) is 0 Å². The van der Waals surface area contributed by atoms with Crippen LogP contribution in [0.3, 0.4) is 0 Å². The third-order valence-corrected chi connectivity index (χ3v) is 4.89. The topological polar surface area (TPSA) is 67.3 Å². The molecule has 1 aromatic heterocycles. The summed E-state index contributed by atoms with van der Waals surface area (Å²) in [6, 6.07) is 7.79. The maximum absolute atomic E-state index is 12.9. The molecule has 1 aromatic carbocycles. The van der Waals surface area contributed by atoms with Gasteiger partial charge in [-0.15, -0.1) is 0 Å². The van der Waals surface area contributed by atoms with Crippen LogP contribution in [0.1, 0.15) is 24.8 Å². The number of carbonyl (C=O) groups is 1. The standard InChI is InChI=1S/C20H25FN4O2/c1-27-18-5-2-15(3-6-18)4-7-19(26)22-12-16-8-10-25(11-9-16)20-23-13-17(21)14-24-20/h2-3,5-6,13-14,16H,4,7-12H2,1H3,(H,22,26). The predicted octanol–water partition coefficient (Wildman–Crippen LogP) is 2.59. The molecular weight excluding hydrogens is 347 g/mol. The Kier molecular flexibility index (Phi) is 6.57. The fraction of sp³-hybridized carbons (Fsp3) is 0.450. The third kappa shape index (κ3) is 5.64. The lowest BCUT2D eigenvalue weighted by Gasteiger charge is -2.31. The normalized spacial score (nSPS) is 14.8. The Labute approximate surface area is 158 Å². The van der Waals surface area contributed by atoms with Gasteiger partial charge in [0, 0.05) is 26.1 Å². The molecule has 1 fully saturated rings. The van der Waals surface area contributed by atoms with E-state index in [1.807, 2.05) is 24.3 Å². The molecule has 1 aliphatic heterocycles. The summed E-state index contributed by atoms with van der Waals surface area (Å²) in [5.41, 5.74) is 1.12. The van der Waals surface area contributed by atoms with Crippen molar-refractivity contribution >= 4 is 11.9 Å². The molecule has 0 spiro atoms. The number of benzene rings is 1. The second-order valence-corrected chi connectivity index (χ2v) is 6.78. The molecule has 7 heteroatoms. The first-order valence-electron chi connectivity index (χ1n) is 9.26. The maximum Gasteiger partial charge on any atom is 0.225 e. The average Bonchev–Trinajstić information content (AvgIpc) is 2.72. The van der Waals surface area contributed by atoms with Crippen LogP contribution < -0.4 is 15.0 Å². The zero-order chi connectivity index (χ0) is 19.1. The van der Waals surface area contributed by atoms with Gasteiger partial charge in [0.1, 0.15) is 5.75 Å². The van der Waals surface area contributed by atoms with Crippen LogP contribution >= 0.6 is 0 Å². The van der Waals surface area contributed by atoms with E-state index >= 15 is 0 Å². The van der Waals surface area contributed by atoms with Crippen molar-refractivity contribution in [1.82, 2.24) is 15.3 Å². The van der Waals surface area contributed by atoms with Gasteiger partial charge < -0.3 is 15.0 Å². The second kappa shape index (κ2) is 9.30. The predicted molar refractivity (Wildman–Crippen MR) is 101 cm³/mol. The van der Waals surface area contributed by atoms with E-state index in [2.05, 4.69) is 20.2 Å². The van der Waals surface area contributed by atoms with Gasteiger partial charge in [-0.2, -0.15) is 0 Å². The lowest BCUT2D eigenvalue weighted by atomic mass is 9.97. The highest BCUT2D eigenvalue weighted by atomic mass is 19.1. The molecule has 1 amide bonds. The van der Waals surface area contributed by atoms with Crippen LogP contribution in [0.15, 0.2) is 36.7 Å². The number of hydrogen-bond donors (Lipinski definition) is 1. The van der Waals surface area contributed by atoms with Gasteiger partial charge in [0.15, 0.2) is 5.82 Å². The molecule has 0 atom stereocenters. The Balaban J connectivity index is 1.35. The van der Waals surface area contributed by atoms with Crippen molar-refractivity contribution in [3.63, 3.8) is 0 Å². The van der Waals surface area contributed by atoms with E-state index in [1.54, 1.807) is 7.11 Å². The van der Waals surface area contributed by atoms with E-state index in [-0.39, 0.29) is 5.91 Å². The maximum atomic E-state index is 12.9. The zero-order valence-electron chi connectivity index (χ0n) is 15.5. The lowest BCUT2D eigenvalue weighted by Crippen LogP contribution is -2.39. The van der Waals surface area contributed by atoms with Crippen LogP contribution in [-0.2, 0) is 11.2 Å². The monoisotopic (exact) mass is 372 g/mol. The summed E-state index contributed by atoms with van der Waals surface area (Å²) in [5, 5.41) is 3.04. The molecule has 1 N–H and O–H groups in total. The van der Waals surface area contributed by atoms with Crippen molar-refractivity contribution in [2.24, 2.45) is 5.92 Å². The molecular formula is C20H25FN4O2. The molecule has 27 heavy (non-hydrogen) atoms. The van der Waals surface area contributed by atoms with E-state index in [0.29, 0.717) is 24.8 Å². The molecule has 2 aromatic rings. The number of methoxy groups -OCH3 is 1. The summed E-state index contributed by atoms with van der Waals surface area (Å²) in [6.45, 7) is 2.33. The van der Waals surface area contributed by atoms with Crippen molar-refractivity contribution in [2.75, 3.05) is 31.6 Å². The minimum atomic E-state index is -0.425. The highest BCUT2D eigenvalue weighted by Crippen LogP contribution is 2.20. The number of rotatable bonds is 7. The van der Waals surface area contributed by atoms with Crippen LogP contribution in [-0.4, -0.2) is 42.6 Å². The summed E-state index contributed by atoms with van der Waals surface area (Å²) in [7, 11) is 1.64. The first-order chi connectivity index (χ1) is 13.1. The fourth-order valence-corrected chi connectivity index (χ4v) is 3.20. The van der Waals surface area contributed by atoms with Crippen LogP contribution in [0.2, 0.25) is 0 Å². The molecule has 1 saturated heterocycles. The zero-order valence-corrected chi connectivity index (χ0v) is 15.5. The minimum absolute atomic E-state index is 0.0788. The Morgan fingerprint density at radius 1 is 1.22 bits per heavy atom. The Morgan fingerprint density at radius 3 is 2.52 bits per heavy atom. The average molecular weight is 372 g/mol. The molecule has 0 unspecified atom stereocenters. The number of halogens is 1. The largest absolute Gasteiger partial charge is 0.497 e. The van der Waals surface area contributed by atoms with Crippen molar-refractivity contribution in [3.05, 3.63) is 48.0 Å². The number of ether oxygens (including phenoxy) is 1. The number of aryl methyl sites for hydroxylation is 1. The van der Waals surface area contributed by atoms with Crippen LogP contribution in [0.25, 0.3) is 0 Å². The first kappa shape index (κ1) is 19.1. The lowest BCUT2D eigenvalue weighted by molar-refractivity contribution is -0.121. The van der Waals surface area contributed by atoms with Crippen LogP contribution in [0.5, 0.6) is 5.75 Å². The number of aromatic nitrogens is 2. The van der Waals surface area contributed by atoms with E-state index in [9.17, 15) is 9.18 Å². The summed E-state index contributed by atoms with van der Waals surface area (Å²) >= 11 is 0. The molecule has 2 heterocycles. The number of nitrogens with one attached hydrogen (secondary N) is 1. The highest BCUT2D eigenvalue weighted by Gasteiger charge is 2.21. The quantitative estimate of drug-likeness (QED) is 0.809. The molecule has 0 bridgehead atoms. The molecule has 3 rings (SSSR count). The van der Waals surface area contributed by atoms with E-state index < -0.39 is 5.82 Å². The molecule has 1 aliphatic rings. The molecule has 0 saturated carbocycles. The minimum Gasteiger partial charge on any atom is -0.497 e. The number of amides is 1. The van der Waals surface area contributed by atoms with Crippen molar-refractivity contribution < 1.29 is 13.9 Å². The Morgan fingerprint density at radius 2 is 1.89 bits per heavy atom. The van der Waals surface area contributed by atoms with E-state index in [4.69, 9.17) is 4.74 Å². The van der Waals surface area contributed by atoms with Crippen molar-refractivity contribution in [2.45, 2.75) is 25.7 Å². The summed E-state index contributed by atoms with van der Waals surface area (Å²) < 4.78 is 18.0. The van der Waals surface area contributed by atoms with E-state index in [1.165, 1.54) is 12.4 Å². The number of piperidine rings is 1. The number of carbonyl (C=O) groups excluding carboxylic acids is 1. The number of anilines is 1. The van der Waals surface area contributed by atoms with Gasteiger partial charge in [0.05, 0.1) is 19.5 Å². The second-order valence-electron chi connectivity index (χ2n) is 6.78. The van der Waals surface area contributed by atoms with Crippen LogP contribution in [0.4, 0.5) is 10.3 Å². The van der Waals surface area contributed by atoms with Gasteiger partial charge in [-0.3, -0.25) is 4.79 Å². The first-order valence-corrected chi connectivity index (χ1v) is 9.26. The van der Waals surface area contributed by atoms with E-state index in [0.717, 1.165) is 43.7 Å². The van der Waals surface area contributed by atoms with Gasteiger partial charge in [-0.25, -0.2) is 14.4 Å². The smallest absolute Gasteiger partial charge is 0.225 e. The molecule has 144 valence electrons. The Hall–Kier alpha value is -2.70. The Bertz CT molecular complexity index is 729. The highest BCUT2D eigenvalue weighted by molar-refractivity contribution is 5.76. The van der Waals surface area contributed by atoms with Gasteiger partial charge in [0.2, 0.25) is 11.9 Å². The van der Waals surface area contributed by atoms with Gasteiger partial charge in [0.25, 0.3) is 0 Å². The van der Waals surface area contributed by atoms with Crippen molar-refractivity contribution in [3.8, 4) is 5.75 Å². The van der Waals surface area contributed by atoms with Gasteiger partial charge in [-0.1, -0.05) is 12.1 Å². The SMILES string of the molecule is COc1ccc(CCC(=O)NCC2CCN(c3ncc(F)cn3)CC2)cc1. The van der Waals surface area contributed by atoms with Crippen LogP contribution in [0, 0.1) is 11.7 Å². The molecule has 0 aliphatic carbocycles. The molecule has 6 nitrogen and oxygen atoms in total. The summed E-state index contributed by atoms with van der Waals surface area (Å²) in [5.74, 6) is 1.49. The van der Waals surface area contributed by atoms with Gasteiger partial charge in [-0.05, 0) is 42.9 Å². The fourth-order valence-electron chi connectivity index (χ4n) is 3.20. The number of hydrogen-bond acceptors (Lipinski definition) is 5. The summed E-state index contributed by atoms with van der Waals surface area (Å²) in [4.78, 5) is 22.2. The summed E-state index contributed by atoms with van der Waals surface area (Å²) in [6.07, 6.45) is 5.50. The number of nitrogens with zero attached hydrogens (tertiary/aromatic N) is 3.